The minimum atomic E-state index is -3.25. The highest BCUT2D eigenvalue weighted by molar-refractivity contribution is 7.90. The summed E-state index contributed by atoms with van der Waals surface area (Å²) in [7, 11) is 7.19. The Morgan fingerprint density at radius 1 is 0.458 bits per heavy atom. The van der Waals surface area contributed by atoms with Crippen LogP contribution in [0.4, 0.5) is 20.2 Å². The Morgan fingerprint density at radius 3 is 1.48 bits per heavy atom. The second-order valence-corrected chi connectivity index (χ2v) is 38.7. The SMILES string of the molecule is CN(C(=O)OC1CCCC1)c1c(-c2ccc(O[C@H]3CCC[C@H](C(=O)O)C3)cc2)nnn1C.CN(C(=O)OCc1c(-c2ccc(O[C@H]3CCC[C@H](OC=O)C3)cc2)nnn1C1CC1)C1CCCC1.CN(Cc1ccccc1)C(=O)OCc1c(C2CC2O[C@H]2CCC[C@H](C(=O)O)C2)nnn1C.Cn1nnc(-c2ccc(O[C@H]3CCC[C@H](C(=O)O)C3)cc2)c1CS(=O)(=O)CC1CCCC1. The average molecular weight is 1830 g/mol. The molecule has 9 fully saturated rings. The third-order valence-corrected chi connectivity index (χ3v) is 28.5. The van der Waals surface area contributed by atoms with E-state index in [1.807, 2.05) is 115 Å². The van der Waals surface area contributed by atoms with Gasteiger partial charge in [-0.1, -0.05) is 83.3 Å². The largest absolute Gasteiger partial charge is 0.490 e. The average Bonchev–Trinajstić information content (AvgIpc) is 1.63. The first-order valence-electron chi connectivity index (χ1n) is 46.6. The van der Waals surface area contributed by atoms with E-state index in [2.05, 4.69) is 41.2 Å². The summed E-state index contributed by atoms with van der Waals surface area (Å²) in [4.78, 5) is 87.0. The number of amides is 3. The van der Waals surface area contributed by atoms with E-state index < -0.39 is 39.9 Å². The van der Waals surface area contributed by atoms with E-state index >= 15 is 0 Å². The van der Waals surface area contributed by atoms with Crippen LogP contribution in [0.15, 0.2) is 103 Å². The Kier molecular flexibility index (Phi) is 32.8. The maximum absolute atomic E-state index is 12.8. The standard InChI is InChI=1S/C26H34N4O5.2C23H30N4O5.C23H31N3O5S/c1-29(19-5-2-3-6-19)26(32)33-16-24-25(27-28-30(24)20-11-12-20)18-9-13-21(14-10-18)35-23-8-4-7-22(15-23)34-17-31;1-26(23(30)32-17-7-3-4-8-17)21-20(24-25-27(21)2)15-10-12-18(13-11-15)31-19-9-5-6-16(14-19)22(28)29;1-26(13-15-7-4-3-5-8-15)23(30)31-14-19-21(24-25-27(19)2)18-12-20(18)32-17-10-6-9-16(11-17)22(28)29;1-26-21(15-32(29,30)14-16-5-2-3-6-16)22(24-25-26)17-9-11-19(12-10-17)31-20-8-4-7-18(13-20)23(27)28/h9-10,13-14,17,19-20,22-23H,2-8,11-12,15-16H2,1H3;10-13,16-17,19H,3-9,14H2,1-2H3,(H,28,29);3-5,7-8,16-18,20H,6,9-14H2,1-2H3,(H,28,29);9-12,16,18,20H,2-8,13-15H2,1H3,(H,27,28)/t22-,23-;16-,19-;16-,17-,18?,20?;18-,20-/m0000/s1. The highest BCUT2D eigenvalue weighted by Gasteiger charge is 2.46. The monoisotopic (exact) mass is 1830 g/mol. The topological polar surface area (TPSA) is 421 Å². The summed E-state index contributed by atoms with van der Waals surface area (Å²) in [5, 5.41) is 61.7. The van der Waals surface area contributed by atoms with Crippen molar-refractivity contribution in [1.29, 1.82) is 0 Å². The highest BCUT2D eigenvalue weighted by Crippen LogP contribution is 2.47. The highest BCUT2D eigenvalue weighted by atomic mass is 32.2. The van der Waals surface area contributed by atoms with Crippen LogP contribution < -0.4 is 19.1 Å². The summed E-state index contributed by atoms with van der Waals surface area (Å²) in [5.74, 6) is -0.0417. The summed E-state index contributed by atoms with van der Waals surface area (Å²) in [6.07, 6.45) is 26.6. The number of aromatic nitrogens is 12. The van der Waals surface area contributed by atoms with Crippen molar-refractivity contribution in [2.75, 3.05) is 31.8 Å². The van der Waals surface area contributed by atoms with Crippen molar-refractivity contribution in [3.63, 3.8) is 0 Å². The summed E-state index contributed by atoms with van der Waals surface area (Å²) in [5.41, 5.74) is 8.37. The molecule has 35 nitrogen and oxygen atoms in total. The molecule has 9 aliphatic carbocycles. The Balaban J connectivity index is 0.000000141. The van der Waals surface area contributed by atoms with Gasteiger partial charge in [-0.3, -0.25) is 28.8 Å². The zero-order chi connectivity index (χ0) is 92.2. The number of nitrogens with zero attached hydrogens (tertiary/aromatic N) is 15. The fraction of sp³-hybridized carbons (Fsp3) is 0.589. The van der Waals surface area contributed by atoms with Crippen molar-refractivity contribution in [2.45, 2.75) is 285 Å². The number of carbonyl (C=O) groups excluding carboxylic acids is 4. The van der Waals surface area contributed by atoms with Gasteiger partial charge in [-0.25, -0.2) is 36.8 Å². The maximum atomic E-state index is 12.8. The smallest absolute Gasteiger partial charge is 0.415 e. The molecule has 4 aromatic heterocycles. The number of ether oxygens (including phenoxy) is 8. The lowest BCUT2D eigenvalue weighted by atomic mass is 9.87. The second-order valence-electron chi connectivity index (χ2n) is 36.6. The number of sulfone groups is 1. The Labute approximate surface area is 763 Å². The van der Waals surface area contributed by atoms with Crippen molar-refractivity contribution >= 4 is 58.3 Å². The van der Waals surface area contributed by atoms with Gasteiger partial charge in [0.2, 0.25) is 0 Å². The molecule has 706 valence electrons. The van der Waals surface area contributed by atoms with Crippen molar-refractivity contribution in [3.8, 4) is 51.0 Å². The molecule has 0 bridgehead atoms. The predicted octanol–water partition coefficient (Wildman–Crippen LogP) is 15.4. The van der Waals surface area contributed by atoms with Gasteiger partial charge >= 0.3 is 36.2 Å². The fourth-order valence-electron chi connectivity index (χ4n) is 19.1. The van der Waals surface area contributed by atoms with Crippen LogP contribution in [0, 0.1) is 23.7 Å². The number of carboxylic acids is 3. The molecule has 8 aromatic rings. The molecular weight excluding hydrogens is 1700 g/mol. The molecule has 0 spiro atoms. The lowest BCUT2D eigenvalue weighted by Gasteiger charge is -2.28. The Bertz CT molecular complexity index is 5240. The number of hydrogen-bond acceptors (Lipinski definition) is 25. The first kappa shape index (κ1) is 95.5. The Hall–Kier alpha value is -11.6. The number of benzene rings is 4. The van der Waals surface area contributed by atoms with E-state index in [4.69, 9.17) is 37.9 Å². The Morgan fingerprint density at radius 2 is 0.916 bits per heavy atom. The minimum Gasteiger partial charge on any atom is -0.490 e. The number of carboxylic acid groups (broad SMARTS) is 3. The zero-order valence-corrected chi connectivity index (χ0v) is 76.6. The molecule has 0 saturated heterocycles. The van der Waals surface area contributed by atoms with Gasteiger partial charge in [0.05, 0.1) is 76.8 Å². The number of hydrogen-bond donors (Lipinski definition) is 3. The molecule has 3 amide bonds. The molecule has 4 heterocycles. The van der Waals surface area contributed by atoms with E-state index in [1.165, 1.54) is 22.6 Å². The molecule has 4 aromatic carbocycles. The number of aryl methyl sites for hydroxylation is 3. The van der Waals surface area contributed by atoms with E-state index in [9.17, 15) is 57.3 Å². The van der Waals surface area contributed by atoms with Gasteiger partial charge in [-0.2, -0.15) is 0 Å². The van der Waals surface area contributed by atoms with E-state index in [-0.39, 0.29) is 109 Å². The van der Waals surface area contributed by atoms with E-state index in [0.717, 1.165) is 198 Å². The van der Waals surface area contributed by atoms with Crippen molar-refractivity contribution in [3.05, 3.63) is 131 Å². The van der Waals surface area contributed by atoms with Crippen LogP contribution in [0.2, 0.25) is 0 Å². The second kappa shape index (κ2) is 45.0. The summed E-state index contributed by atoms with van der Waals surface area (Å²) in [6, 6.07) is 32.9. The normalized spacial score (nSPS) is 22.7. The van der Waals surface area contributed by atoms with Crippen LogP contribution in [-0.2, 0) is 99.4 Å². The van der Waals surface area contributed by atoms with E-state index in [0.29, 0.717) is 92.0 Å². The molecule has 9 saturated carbocycles. The molecule has 131 heavy (non-hydrogen) atoms. The third-order valence-electron chi connectivity index (χ3n) is 26.8. The summed E-state index contributed by atoms with van der Waals surface area (Å²) in [6.45, 7) is 1.23. The molecule has 36 heteroatoms. The molecule has 17 rings (SSSR count). The zero-order valence-electron chi connectivity index (χ0n) is 75.8. The molecule has 0 radical (unpaired) electrons. The third kappa shape index (κ3) is 26.2. The van der Waals surface area contributed by atoms with E-state index in [1.54, 1.807) is 54.2 Å². The number of aliphatic carboxylic acids is 3. The van der Waals surface area contributed by atoms with Crippen LogP contribution in [0.3, 0.4) is 0 Å². The predicted molar refractivity (Wildman–Crippen MR) is 480 cm³/mol. The minimum absolute atomic E-state index is 0.0134. The molecule has 2 unspecified atom stereocenters. The number of anilines is 1. The molecule has 0 aliphatic heterocycles. The fourth-order valence-corrected chi connectivity index (χ4v) is 21.0. The van der Waals surface area contributed by atoms with Gasteiger partial charge in [0.1, 0.15) is 71.5 Å². The van der Waals surface area contributed by atoms with Gasteiger partial charge in [-0.05, 0) is 245 Å². The van der Waals surface area contributed by atoms with Crippen LogP contribution in [0.1, 0.15) is 239 Å². The van der Waals surface area contributed by atoms with Gasteiger partial charge in [0.25, 0.3) is 6.47 Å². The van der Waals surface area contributed by atoms with Gasteiger partial charge < -0.3 is 63.0 Å². The van der Waals surface area contributed by atoms with Crippen molar-refractivity contribution < 1.29 is 95.2 Å². The molecule has 9 aliphatic rings. The van der Waals surface area contributed by atoms with Gasteiger partial charge in [0.15, 0.2) is 15.7 Å². The molecule has 3 N–H and O–H groups in total. The quantitative estimate of drug-likeness (QED) is 0.0268. The van der Waals surface area contributed by atoms with Crippen LogP contribution in [0.5, 0.6) is 17.2 Å². The van der Waals surface area contributed by atoms with Gasteiger partial charge in [-0.15, -0.1) is 20.4 Å². The lowest BCUT2D eigenvalue weighted by molar-refractivity contribution is -0.145. The summed E-state index contributed by atoms with van der Waals surface area (Å²) < 4.78 is 78.7. The molecule has 10 atom stereocenters. The van der Waals surface area contributed by atoms with Crippen LogP contribution in [0.25, 0.3) is 33.8 Å². The van der Waals surface area contributed by atoms with Crippen molar-refractivity contribution in [1.82, 2.24) is 69.8 Å². The molecular formula is C95H125N15O20S. The maximum Gasteiger partial charge on any atom is 0.415 e. The van der Waals surface area contributed by atoms with Crippen LogP contribution in [-0.4, -0.2) is 212 Å². The first-order chi connectivity index (χ1) is 63.3. The number of rotatable bonds is 31. The summed E-state index contributed by atoms with van der Waals surface area (Å²) >= 11 is 0. The lowest BCUT2D eigenvalue weighted by Crippen LogP contribution is -2.35. The van der Waals surface area contributed by atoms with Crippen molar-refractivity contribution in [2.24, 2.45) is 44.8 Å². The number of carbonyl (C=O) groups is 7. The van der Waals surface area contributed by atoms with Crippen LogP contribution >= 0.6 is 0 Å². The first-order valence-corrected chi connectivity index (χ1v) is 48.4. The van der Waals surface area contributed by atoms with Gasteiger partial charge in [0, 0.05) is 83.9 Å².